The van der Waals surface area contributed by atoms with Gasteiger partial charge in [0.15, 0.2) is 0 Å². The van der Waals surface area contributed by atoms with E-state index in [1.807, 2.05) is 44.2 Å². The van der Waals surface area contributed by atoms with Gasteiger partial charge in [-0.3, -0.25) is 0 Å². The van der Waals surface area contributed by atoms with E-state index in [4.69, 9.17) is 11.6 Å². The van der Waals surface area contributed by atoms with E-state index >= 15 is 0 Å². The molecule has 23 heavy (non-hydrogen) atoms. The number of hydrogen-bond acceptors (Lipinski definition) is 2. The second-order valence-corrected chi connectivity index (χ2v) is 7.98. The number of hydrogen-bond donors (Lipinski definition) is 0. The summed E-state index contributed by atoms with van der Waals surface area (Å²) in [6.07, 6.45) is 1.54. The second-order valence-electron chi connectivity index (χ2n) is 5.47. The van der Waals surface area contributed by atoms with Crippen molar-refractivity contribution in [3.8, 4) is 5.69 Å². The van der Waals surface area contributed by atoms with Crippen molar-refractivity contribution in [1.29, 1.82) is 0 Å². The van der Waals surface area contributed by atoms with Crippen molar-refractivity contribution in [3.63, 3.8) is 0 Å². The fourth-order valence-electron chi connectivity index (χ4n) is 2.22. The molecule has 1 aromatic heterocycles. The average molecular weight is 394 g/mol. The third kappa shape index (κ3) is 3.13. The third-order valence-corrected chi connectivity index (χ3v) is 5.98. The summed E-state index contributed by atoms with van der Waals surface area (Å²) in [5, 5.41) is 13.3. The zero-order valence-electron chi connectivity index (χ0n) is 12.7. The van der Waals surface area contributed by atoms with Gasteiger partial charge in [0.1, 0.15) is 0 Å². The number of rotatable bonds is 3. The van der Waals surface area contributed by atoms with Crippen LogP contribution in [-0.4, -0.2) is 35.3 Å². The Bertz CT molecular complexity index is 957. The van der Waals surface area contributed by atoms with Gasteiger partial charge in [-0.05, 0) is 0 Å². The first-order valence-electron chi connectivity index (χ1n) is 7.18. The maximum atomic E-state index is 12.7. The van der Waals surface area contributed by atoms with Crippen molar-refractivity contribution in [1.82, 2.24) is 3.56 Å². The van der Waals surface area contributed by atoms with Gasteiger partial charge in [0.2, 0.25) is 0 Å². The molecule has 0 aliphatic rings. The third-order valence-electron chi connectivity index (χ3n) is 3.48. The van der Waals surface area contributed by atoms with Crippen LogP contribution in [0.25, 0.3) is 15.3 Å². The van der Waals surface area contributed by atoms with Crippen LogP contribution in [0.1, 0.15) is 19.4 Å². The zero-order valence-corrected chi connectivity index (χ0v) is 15.2. The molecule has 2 aromatic carbocycles. The average Bonchev–Trinajstić information content (AvgIpc) is 2.84. The monoisotopic (exact) mass is 394 g/mol. The SMILES string of the molecule is CC(C)[N+]([O-])=Cc1ccccc1-n1[se]c2cc(Cl)ccc2c1=O. The van der Waals surface area contributed by atoms with Crippen LogP contribution in [0.2, 0.25) is 5.02 Å². The Hall–Kier alpha value is -1.81. The number of aromatic nitrogens is 1. The number of fused-ring (bicyclic) bond motifs is 1. The van der Waals surface area contributed by atoms with Gasteiger partial charge in [0.25, 0.3) is 0 Å². The summed E-state index contributed by atoms with van der Waals surface area (Å²) in [7, 11) is 0. The van der Waals surface area contributed by atoms with E-state index in [0.29, 0.717) is 10.4 Å². The molecule has 0 bridgehead atoms. The normalized spacial score (nSPS) is 12.3. The summed E-state index contributed by atoms with van der Waals surface area (Å²) in [6.45, 7) is 3.66. The minimum atomic E-state index is -0.188. The molecular weight excluding hydrogens is 379 g/mol. The number of hydroxylamine groups is 1. The number of nitrogens with zero attached hydrogens (tertiary/aromatic N) is 2. The predicted octanol–water partition coefficient (Wildman–Crippen LogP) is 3.04. The summed E-state index contributed by atoms with van der Waals surface area (Å²) in [6, 6.07) is 12.6. The Morgan fingerprint density at radius 3 is 2.74 bits per heavy atom. The van der Waals surface area contributed by atoms with E-state index in [9.17, 15) is 10.0 Å². The quantitative estimate of drug-likeness (QED) is 0.226. The van der Waals surface area contributed by atoms with E-state index in [1.54, 1.807) is 21.9 Å². The van der Waals surface area contributed by atoms with Crippen molar-refractivity contribution >= 4 is 42.2 Å². The van der Waals surface area contributed by atoms with Crippen LogP contribution >= 0.6 is 11.6 Å². The van der Waals surface area contributed by atoms with Gasteiger partial charge in [-0.2, -0.15) is 0 Å². The van der Waals surface area contributed by atoms with E-state index in [1.165, 1.54) is 0 Å². The van der Waals surface area contributed by atoms with E-state index in [2.05, 4.69) is 0 Å². The van der Waals surface area contributed by atoms with Crippen molar-refractivity contribution in [2.45, 2.75) is 19.9 Å². The number of halogens is 1. The van der Waals surface area contributed by atoms with Crippen LogP contribution in [0.15, 0.2) is 47.3 Å². The predicted molar refractivity (Wildman–Crippen MR) is 95.4 cm³/mol. The molecule has 0 aliphatic heterocycles. The first-order chi connectivity index (χ1) is 11.0. The molecule has 0 spiro atoms. The Labute approximate surface area is 144 Å². The van der Waals surface area contributed by atoms with Gasteiger partial charge < -0.3 is 0 Å². The number of para-hydroxylation sites is 1. The zero-order chi connectivity index (χ0) is 16.6. The van der Waals surface area contributed by atoms with Gasteiger partial charge in [0.05, 0.1) is 0 Å². The van der Waals surface area contributed by atoms with E-state index in [-0.39, 0.29) is 26.3 Å². The van der Waals surface area contributed by atoms with Crippen LogP contribution in [-0.2, 0) is 0 Å². The van der Waals surface area contributed by atoms with E-state index in [0.717, 1.165) is 20.2 Å². The molecule has 6 heteroatoms. The minimum absolute atomic E-state index is 0.0421. The standard InChI is InChI=1S/C17H15ClN2O2Se/c1-11(2)19(22)10-12-5-3-4-6-15(12)20-17(21)14-8-7-13(18)9-16(14)23-20/h3-11H,1-2H3. The van der Waals surface area contributed by atoms with E-state index < -0.39 is 0 Å². The second kappa shape index (κ2) is 6.36. The summed E-state index contributed by atoms with van der Waals surface area (Å²) >= 11 is 5.84. The van der Waals surface area contributed by atoms with Crippen LogP contribution in [0.3, 0.4) is 0 Å². The van der Waals surface area contributed by atoms with Crippen molar-refractivity contribution in [2.75, 3.05) is 0 Å². The van der Waals surface area contributed by atoms with Gasteiger partial charge in [-0.15, -0.1) is 0 Å². The number of benzene rings is 2. The van der Waals surface area contributed by atoms with Crippen LogP contribution < -0.4 is 5.56 Å². The molecule has 4 nitrogen and oxygen atoms in total. The molecule has 1 heterocycles. The van der Waals surface area contributed by atoms with Crippen molar-refractivity contribution in [2.24, 2.45) is 0 Å². The van der Waals surface area contributed by atoms with Crippen LogP contribution in [0.5, 0.6) is 0 Å². The molecule has 3 rings (SSSR count). The topological polar surface area (TPSA) is 48.1 Å². The van der Waals surface area contributed by atoms with Crippen LogP contribution in [0, 0.1) is 5.21 Å². The summed E-state index contributed by atoms with van der Waals surface area (Å²) in [4.78, 5) is 12.7. The molecule has 0 unspecified atom stereocenters. The van der Waals surface area contributed by atoms with Gasteiger partial charge >= 0.3 is 145 Å². The molecule has 0 atom stereocenters. The molecule has 0 aliphatic carbocycles. The Morgan fingerprint density at radius 1 is 1.26 bits per heavy atom. The maximum absolute atomic E-state index is 12.7. The van der Waals surface area contributed by atoms with Gasteiger partial charge in [-0.25, -0.2) is 0 Å². The van der Waals surface area contributed by atoms with Gasteiger partial charge in [-0.1, -0.05) is 0 Å². The van der Waals surface area contributed by atoms with Gasteiger partial charge in [0, 0.05) is 0 Å². The molecule has 0 saturated heterocycles. The molecule has 0 radical (unpaired) electrons. The molecule has 0 N–H and O–H groups in total. The fraction of sp³-hybridized carbons (Fsp3) is 0.176. The molecule has 0 saturated carbocycles. The fourth-order valence-corrected chi connectivity index (χ4v) is 4.80. The summed E-state index contributed by atoms with van der Waals surface area (Å²) < 4.78 is 3.61. The molecule has 3 aromatic rings. The molecule has 0 fully saturated rings. The molecular formula is C17H15ClN2O2Se. The summed E-state index contributed by atoms with van der Waals surface area (Å²) in [5.74, 6) is 0. The molecule has 118 valence electrons. The Morgan fingerprint density at radius 2 is 2.00 bits per heavy atom. The molecule has 0 amide bonds. The first-order valence-corrected chi connectivity index (χ1v) is 9.19. The first kappa shape index (κ1) is 16.1. The summed E-state index contributed by atoms with van der Waals surface area (Å²) in [5.41, 5.74) is 1.45. The van der Waals surface area contributed by atoms with Crippen molar-refractivity contribution < 1.29 is 4.74 Å². The van der Waals surface area contributed by atoms with Crippen LogP contribution in [0.4, 0.5) is 0 Å². The van der Waals surface area contributed by atoms with Crippen molar-refractivity contribution in [3.05, 3.63) is 68.6 Å². The Balaban J connectivity index is 2.22. The Kier molecular flexibility index (Phi) is 4.44.